The topological polar surface area (TPSA) is 63.6 Å². The summed E-state index contributed by atoms with van der Waals surface area (Å²) in [5.74, 6) is 0. The standard InChI is InChI=1S/C2H3F3O4S.Mg.2H/c3-2(4,5)1-9-10(6,7)8;;;/h1H2,(H,6,7,8);;;/q;+2;2*-1. The third kappa shape index (κ3) is 13.4. The Morgan fingerprint density at radius 2 is 1.82 bits per heavy atom. The van der Waals surface area contributed by atoms with Crippen LogP contribution in [0, 0.1) is 0 Å². The normalized spacial score (nSPS) is 12.4. The summed E-state index contributed by atoms with van der Waals surface area (Å²) in [6.07, 6.45) is -4.75. The fraction of sp³-hybridized carbons (Fsp3) is 1.00. The van der Waals surface area contributed by atoms with E-state index in [-0.39, 0.29) is 25.9 Å². The van der Waals surface area contributed by atoms with Crippen LogP contribution in [0.2, 0.25) is 0 Å². The second-order valence-corrected chi connectivity index (χ2v) is 2.40. The minimum atomic E-state index is -4.98. The molecule has 0 aliphatic carbocycles. The Hall–Kier alpha value is 0.426. The van der Waals surface area contributed by atoms with Crippen molar-refractivity contribution in [2.45, 2.75) is 6.18 Å². The van der Waals surface area contributed by atoms with E-state index in [2.05, 4.69) is 4.18 Å². The number of alkyl halides is 3. The van der Waals surface area contributed by atoms with Gasteiger partial charge in [-0.3, -0.25) is 4.55 Å². The quantitative estimate of drug-likeness (QED) is 0.518. The van der Waals surface area contributed by atoms with Gasteiger partial charge in [-0.15, -0.1) is 0 Å². The molecule has 0 spiro atoms. The Morgan fingerprint density at radius 1 is 1.45 bits per heavy atom. The summed E-state index contributed by atoms with van der Waals surface area (Å²) < 4.78 is 62.9. The molecular formula is C2H5F3MgO4S. The largest absolute Gasteiger partial charge is 2.00 e. The zero-order chi connectivity index (χ0) is 8.41. The van der Waals surface area contributed by atoms with Crippen LogP contribution in [0.25, 0.3) is 0 Å². The molecule has 0 aromatic heterocycles. The van der Waals surface area contributed by atoms with Crippen molar-refractivity contribution in [2.75, 3.05) is 6.61 Å². The van der Waals surface area contributed by atoms with Gasteiger partial charge in [0.25, 0.3) is 0 Å². The maximum Gasteiger partial charge on any atom is 2.00 e. The first kappa shape index (κ1) is 14.0. The van der Waals surface area contributed by atoms with Crippen molar-refractivity contribution in [2.24, 2.45) is 0 Å². The molecule has 0 saturated carbocycles. The first-order valence-electron chi connectivity index (χ1n) is 1.89. The van der Waals surface area contributed by atoms with Crippen LogP contribution in [0.5, 0.6) is 0 Å². The molecule has 66 valence electrons. The maximum absolute atomic E-state index is 11.1. The van der Waals surface area contributed by atoms with Crippen molar-refractivity contribution in [3.05, 3.63) is 0 Å². The van der Waals surface area contributed by atoms with Crippen LogP contribution in [0.15, 0.2) is 0 Å². The Kier molecular flexibility index (Phi) is 5.66. The number of halogens is 3. The average Bonchev–Trinajstić information content (AvgIpc) is 1.57. The summed E-state index contributed by atoms with van der Waals surface area (Å²) in [6.45, 7) is -2.01. The minimum absolute atomic E-state index is 0. The van der Waals surface area contributed by atoms with Gasteiger partial charge in [0.2, 0.25) is 0 Å². The van der Waals surface area contributed by atoms with Crippen molar-refractivity contribution in [3.63, 3.8) is 0 Å². The third-order valence-electron chi connectivity index (χ3n) is 0.372. The summed E-state index contributed by atoms with van der Waals surface area (Å²) in [5.41, 5.74) is 0. The van der Waals surface area contributed by atoms with E-state index >= 15 is 0 Å². The van der Waals surface area contributed by atoms with Gasteiger partial charge in [-0.1, -0.05) is 0 Å². The first-order valence-corrected chi connectivity index (χ1v) is 3.26. The Labute approximate surface area is 79.8 Å². The molecule has 0 saturated heterocycles. The van der Waals surface area contributed by atoms with E-state index in [4.69, 9.17) is 4.55 Å². The molecule has 0 aliphatic heterocycles. The van der Waals surface area contributed by atoms with E-state index < -0.39 is 23.2 Å². The fourth-order valence-corrected chi connectivity index (χ4v) is 0.424. The molecule has 0 atom stereocenters. The van der Waals surface area contributed by atoms with Gasteiger partial charge < -0.3 is 2.85 Å². The average molecular weight is 206 g/mol. The van der Waals surface area contributed by atoms with Crippen LogP contribution in [0.4, 0.5) is 13.2 Å². The van der Waals surface area contributed by atoms with E-state index in [1.54, 1.807) is 0 Å². The van der Waals surface area contributed by atoms with Crippen LogP contribution in [-0.2, 0) is 14.6 Å². The third-order valence-corrected chi connectivity index (χ3v) is 0.787. The second kappa shape index (κ2) is 4.45. The van der Waals surface area contributed by atoms with Gasteiger partial charge in [0.15, 0.2) is 6.61 Å². The molecule has 9 heteroatoms. The number of rotatable bonds is 2. The van der Waals surface area contributed by atoms with Crippen LogP contribution in [0.1, 0.15) is 2.85 Å². The summed E-state index contributed by atoms with van der Waals surface area (Å²) >= 11 is 0. The molecule has 0 radical (unpaired) electrons. The minimum Gasteiger partial charge on any atom is -1.00 e. The summed E-state index contributed by atoms with van der Waals surface area (Å²) in [7, 11) is -4.98. The molecule has 11 heavy (non-hydrogen) atoms. The Morgan fingerprint density at radius 3 is 1.91 bits per heavy atom. The molecule has 0 rings (SSSR count). The van der Waals surface area contributed by atoms with Crippen LogP contribution >= 0.6 is 0 Å². The van der Waals surface area contributed by atoms with E-state index in [1.165, 1.54) is 0 Å². The zero-order valence-corrected chi connectivity index (χ0v) is 7.36. The van der Waals surface area contributed by atoms with E-state index in [9.17, 15) is 21.6 Å². The smallest absolute Gasteiger partial charge is 1.00 e. The van der Waals surface area contributed by atoms with E-state index in [0.717, 1.165) is 0 Å². The molecule has 1 N–H and O–H groups in total. The monoisotopic (exact) mass is 206 g/mol. The molecule has 0 aromatic rings. The van der Waals surface area contributed by atoms with Gasteiger partial charge >= 0.3 is 39.6 Å². The molecule has 4 nitrogen and oxygen atoms in total. The predicted molar refractivity (Wildman–Crippen MR) is 31.5 cm³/mol. The van der Waals surface area contributed by atoms with Gasteiger partial charge in [-0.25, -0.2) is 4.18 Å². The van der Waals surface area contributed by atoms with Crippen molar-refractivity contribution >= 4 is 33.5 Å². The van der Waals surface area contributed by atoms with Crippen LogP contribution in [0.3, 0.4) is 0 Å². The van der Waals surface area contributed by atoms with Crippen LogP contribution in [-0.4, -0.2) is 48.8 Å². The first-order chi connectivity index (χ1) is 4.21. The zero-order valence-electron chi connectivity index (χ0n) is 7.13. The molecule has 0 heterocycles. The van der Waals surface area contributed by atoms with E-state index in [1.807, 2.05) is 0 Å². The van der Waals surface area contributed by atoms with Crippen LogP contribution < -0.4 is 0 Å². The van der Waals surface area contributed by atoms with Gasteiger partial charge in [0, 0.05) is 0 Å². The van der Waals surface area contributed by atoms with Gasteiger partial charge in [-0.2, -0.15) is 21.6 Å². The molecular weight excluding hydrogens is 201 g/mol. The maximum atomic E-state index is 11.1. The van der Waals surface area contributed by atoms with Gasteiger partial charge in [0.05, 0.1) is 0 Å². The summed E-state index contributed by atoms with van der Waals surface area (Å²) in [6, 6.07) is 0. The van der Waals surface area contributed by atoms with Crippen molar-refractivity contribution in [1.29, 1.82) is 0 Å². The SMILES string of the molecule is O=S(=O)(O)OCC(F)(F)F.[H-].[H-].[Mg+2]. The summed E-state index contributed by atoms with van der Waals surface area (Å²) in [5, 5.41) is 0. The molecule has 0 unspecified atom stereocenters. The number of hydrogen-bond donors (Lipinski definition) is 1. The molecule has 0 bridgehead atoms. The predicted octanol–water partition coefficient (Wildman–Crippen LogP) is 0.212. The van der Waals surface area contributed by atoms with Crippen molar-refractivity contribution in [3.8, 4) is 0 Å². The molecule has 0 amide bonds. The van der Waals surface area contributed by atoms with Gasteiger partial charge in [-0.05, 0) is 0 Å². The Balaban J connectivity index is -0.000000135. The second-order valence-electron chi connectivity index (χ2n) is 1.31. The van der Waals surface area contributed by atoms with E-state index in [0.29, 0.717) is 0 Å². The van der Waals surface area contributed by atoms with Crippen molar-refractivity contribution in [1.82, 2.24) is 0 Å². The molecule has 0 aliphatic rings. The van der Waals surface area contributed by atoms with Crippen molar-refractivity contribution < 1.29 is 33.2 Å². The van der Waals surface area contributed by atoms with Gasteiger partial charge in [0.1, 0.15) is 0 Å². The Bertz CT molecular complexity index is 204. The summed E-state index contributed by atoms with van der Waals surface area (Å²) in [4.78, 5) is 0. The fourth-order valence-electron chi connectivity index (χ4n) is 0.141. The molecule has 0 aromatic carbocycles. The molecule has 0 fully saturated rings. The number of hydrogen-bond acceptors (Lipinski definition) is 3.